The van der Waals surface area contributed by atoms with Crippen LogP contribution < -0.4 is 10.6 Å². The van der Waals surface area contributed by atoms with Crippen LogP contribution in [0.5, 0.6) is 0 Å². The highest BCUT2D eigenvalue weighted by atomic mass is 33.1. The quantitative estimate of drug-likeness (QED) is 0.813. The Hall–Kier alpha value is -0.580. The van der Waals surface area contributed by atoms with Crippen LogP contribution in [0.4, 0.5) is 10.3 Å². The van der Waals surface area contributed by atoms with Crippen LogP contribution >= 0.6 is 44.3 Å². The molecule has 0 aliphatic carbocycles. The lowest BCUT2D eigenvalue weighted by molar-refractivity contribution is 1.01. The molecule has 2 rings (SSSR count). The van der Waals surface area contributed by atoms with Gasteiger partial charge in [0.25, 0.3) is 0 Å². The molecule has 0 bridgehead atoms. The number of nitrogens with zero attached hydrogens (tertiary/aromatic N) is 4. The molecule has 0 atom stereocenters. The molecule has 2 aromatic rings. The summed E-state index contributed by atoms with van der Waals surface area (Å²) in [5, 5.41) is 23.5. The standard InChI is InChI=1S/C6H8N6S4/c1-7-3-9-11-5(13-3)15-16-6-12-10-4(8-2)14-6/h1-2H3,(H,7,9)(H,8,10). The zero-order valence-electron chi connectivity index (χ0n) is 8.42. The first-order chi connectivity index (χ1) is 7.81. The maximum Gasteiger partial charge on any atom is 0.206 e. The van der Waals surface area contributed by atoms with Crippen molar-refractivity contribution in [1.29, 1.82) is 0 Å². The van der Waals surface area contributed by atoms with E-state index >= 15 is 0 Å². The molecular formula is C6H8N6S4. The number of nitrogens with one attached hydrogen (secondary N) is 2. The van der Waals surface area contributed by atoms with Crippen molar-refractivity contribution in [2.45, 2.75) is 8.68 Å². The van der Waals surface area contributed by atoms with E-state index in [0.717, 1.165) is 18.9 Å². The van der Waals surface area contributed by atoms with Gasteiger partial charge in [-0.2, -0.15) is 0 Å². The van der Waals surface area contributed by atoms with Crippen LogP contribution in [-0.4, -0.2) is 34.5 Å². The van der Waals surface area contributed by atoms with Gasteiger partial charge in [0, 0.05) is 14.1 Å². The summed E-state index contributed by atoms with van der Waals surface area (Å²) < 4.78 is 1.80. The highest BCUT2D eigenvalue weighted by Crippen LogP contribution is 2.41. The molecule has 0 radical (unpaired) electrons. The van der Waals surface area contributed by atoms with Crippen molar-refractivity contribution in [1.82, 2.24) is 20.4 Å². The second-order valence-corrected chi connectivity index (χ2v) is 6.99. The predicted octanol–water partition coefficient (Wildman–Crippen LogP) is 2.27. The van der Waals surface area contributed by atoms with Gasteiger partial charge < -0.3 is 10.6 Å². The number of anilines is 2. The molecule has 10 heteroatoms. The topological polar surface area (TPSA) is 75.6 Å². The van der Waals surface area contributed by atoms with Gasteiger partial charge in [0.1, 0.15) is 0 Å². The summed E-state index contributed by atoms with van der Waals surface area (Å²) in [6.07, 6.45) is 0. The van der Waals surface area contributed by atoms with Crippen LogP contribution in [0.1, 0.15) is 0 Å². The highest BCUT2D eigenvalue weighted by molar-refractivity contribution is 8.77. The van der Waals surface area contributed by atoms with Crippen molar-refractivity contribution in [3.05, 3.63) is 0 Å². The summed E-state index contributed by atoms with van der Waals surface area (Å²) in [5.41, 5.74) is 0. The Bertz CT molecular complexity index is 411. The van der Waals surface area contributed by atoms with E-state index in [9.17, 15) is 0 Å². The summed E-state index contributed by atoms with van der Waals surface area (Å²) in [5.74, 6) is 0. The lowest BCUT2D eigenvalue weighted by Gasteiger charge is -1.89. The minimum Gasteiger partial charge on any atom is -0.363 e. The van der Waals surface area contributed by atoms with Crippen molar-refractivity contribution in [3.8, 4) is 0 Å². The molecule has 2 heterocycles. The first-order valence-electron chi connectivity index (χ1n) is 4.19. The minimum absolute atomic E-state index is 0.816. The third-order valence-corrected chi connectivity index (χ3v) is 6.26. The van der Waals surface area contributed by atoms with Crippen molar-refractivity contribution in [2.24, 2.45) is 0 Å². The Morgan fingerprint density at radius 3 is 1.56 bits per heavy atom. The summed E-state index contributed by atoms with van der Waals surface area (Å²) in [6, 6.07) is 0. The average molecular weight is 292 g/mol. The van der Waals surface area contributed by atoms with Gasteiger partial charge in [-0.3, -0.25) is 0 Å². The van der Waals surface area contributed by atoms with Gasteiger partial charge in [0.05, 0.1) is 0 Å². The molecule has 0 spiro atoms. The fraction of sp³-hybridized carbons (Fsp3) is 0.333. The largest absolute Gasteiger partial charge is 0.363 e. The zero-order chi connectivity index (χ0) is 11.4. The Labute approximate surface area is 108 Å². The van der Waals surface area contributed by atoms with Crippen LogP contribution in [0.15, 0.2) is 8.68 Å². The molecule has 0 fully saturated rings. The normalized spacial score (nSPS) is 10.4. The van der Waals surface area contributed by atoms with Crippen molar-refractivity contribution < 1.29 is 0 Å². The van der Waals surface area contributed by atoms with E-state index in [1.165, 1.54) is 44.3 Å². The van der Waals surface area contributed by atoms with Gasteiger partial charge in [-0.25, -0.2) is 0 Å². The van der Waals surface area contributed by atoms with E-state index in [2.05, 4.69) is 31.0 Å². The molecule has 0 amide bonds. The molecule has 16 heavy (non-hydrogen) atoms. The summed E-state index contributed by atoms with van der Waals surface area (Å²) in [7, 11) is 6.72. The number of hydrogen-bond acceptors (Lipinski definition) is 10. The zero-order valence-corrected chi connectivity index (χ0v) is 11.7. The Balaban J connectivity index is 1.91. The fourth-order valence-corrected chi connectivity index (χ4v) is 4.51. The van der Waals surface area contributed by atoms with E-state index in [-0.39, 0.29) is 0 Å². The number of aromatic nitrogens is 4. The number of rotatable bonds is 5. The molecule has 0 aliphatic rings. The Morgan fingerprint density at radius 2 is 1.25 bits per heavy atom. The summed E-state index contributed by atoms with van der Waals surface area (Å²) in [6.45, 7) is 0. The van der Waals surface area contributed by atoms with Gasteiger partial charge in [0.15, 0.2) is 8.68 Å². The third kappa shape index (κ3) is 2.97. The molecule has 2 N–H and O–H groups in total. The van der Waals surface area contributed by atoms with E-state index in [0.29, 0.717) is 0 Å². The molecule has 0 saturated carbocycles. The fourth-order valence-electron chi connectivity index (χ4n) is 0.760. The van der Waals surface area contributed by atoms with Gasteiger partial charge in [-0.05, 0) is 21.6 Å². The molecule has 0 aromatic carbocycles. The van der Waals surface area contributed by atoms with Gasteiger partial charge >= 0.3 is 0 Å². The predicted molar refractivity (Wildman–Crippen MR) is 70.6 cm³/mol. The summed E-state index contributed by atoms with van der Waals surface area (Å²) >= 11 is 3.03. The van der Waals surface area contributed by atoms with E-state index in [4.69, 9.17) is 0 Å². The molecule has 0 saturated heterocycles. The third-order valence-electron chi connectivity index (χ3n) is 1.42. The smallest absolute Gasteiger partial charge is 0.206 e. The molecule has 2 aromatic heterocycles. The van der Waals surface area contributed by atoms with Crippen LogP contribution in [0.25, 0.3) is 0 Å². The van der Waals surface area contributed by atoms with E-state index in [1.807, 2.05) is 14.1 Å². The van der Waals surface area contributed by atoms with Crippen molar-refractivity contribution in [3.63, 3.8) is 0 Å². The summed E-state index contributed by atoms with van der Waals surface area (Å²) in [4.78, 5) is 0. The molecule has 0 aliphatic heterocycles. The first kappa shape index (κ1) is 11.9. The maximum atomic E-state index is 4.02. The van der Waals surface area contributed by atoms with Crippen molar-refractivity contribution in [2.75, 3.05) is 24.7 Å². The lowest BCUT2D eigenvalue weighted by atomic mass is 11.1. The van der Waals surface area contributed by atoms with Gasteiger partial charge in [-0.1, -0.05) is 22.7 Å². The molecule has 0 unspecified atom stereocenters. The minimum atomic E-state index is 0.816. The first-order valence-corrected chi connectivity index (χ1v) is 7.97. The van der Waals surface area contributed by atoms with E-state index < -0.39 is 0 Å². The van der Waals surface area contributed by atoms with Gasteiger partial charge in [-0.15, -0.1) is 20.4 Å². The lowest BCUT2D eigenvalue weighted by Crippen LogP contribution is -1.84. The van der Waals surface area contributed by atoms with Crippen LogP contribution in [0.2, 0.25) is 0 Å². The molecule has 6 nitrogen and oxygen atoms in total. The Morgan fingerprint density at radius 1 is 0.812 bits per heavy atom. The average Bonchev–Trinajstić information content (AvgIpc) is 2.95. The van der Waals surface area contributed by atoms with Crippen LogP contribution in [0, 0.1) is 0 Å². The second kappa shape index (κ2) is 5.66. The van der Waals surface area contributed by atoms with Crippen LogP contribution in [0.3, 0.4) is 0 Å². The Kier molecular flexibility index (Phi) is 4.21. The second-order valence-electron chi connectivity index (χ2n) is 2.41. The monoisotopic (exact) mass is 292 g/mol. The van der Waals surface area contributed by atoms with Crippen molar-refractivity contribution >= 4 is 54.5 Å². The van der Waals surface area contributed by atoms with Crippen LogP contribution in [-0.2, 0) is 0 Å². The van der Waals surface area contributed by atoms with E-state index in [1.54, 1.807) is 0 Å². The molecular weight excluding hydrogens is 284 g/mol. The highest BCUT2D eigenvalue weighted by Gasteiger charge is 2.08. The molecule has 86 valence electrons. The number of hydrogen-bond donors (Lipinski definition) is 2. The maximum absolute atomic E-state index is 4.02. The SMILES string of the molecule is CNc1nnc(SSc2nnc(NC)s2)s1. The van der Waals surface area contributed by atoms with Gasteiger partial charge in [0.2, 0.25) is 10.3 Å².